The SMILES string of the molecule is COC(=O)CC(=O)OC.COC(=O)c1cc2cc3c4c(c2oc1=O)CCCN4CCC3.O=Cc1cc2c3c(c1O)CCCN3CCC2. The fourth-order valence-corrected chi connectivity index (χ4v) is 6.92. The molecule has 47 heavy (non-hydrogen) atoms. The van der Waals surface area contributed by atoms with E-state index < -0.39 is 23.5 Å². The molecule has 2 aromatic carbocycles. The number of hydrogen-bond acceptors (Lipinski definition) is 12. The van der Waals surface area contributed by atoms with Crippen molar-refractivity contribution in [3.63, 3.8) is 0 Å². The van der Waals surface area contributed by atoms with Crippen molar-refractivity contribution in [2.24, 2.45) is 0 Å². The summed E-state index contributed by atoms with van der Waals surface area (Å²) in [5, 5.41) is 10.9. The zero-order valence-electron chi connectivity index (χ0n) is 27.0. The summed E-state index contributed by atoms with van der Waals surface area (Å²) in [5.41, 5.74) is 7.52. The molecule has 7 rings (SSSR count). The molecule has 0 saturated carbocycles. The molecule has 1 aromatic heterocycles. The molecule has 12 heteroatoms. The summed E-state index contributed by atoms with van der Waals surface area (Å²) >= 11 is 0. The molecular weight excluding hydrogens is 608 g/mol. The summed E-state index contributed by atoms with van der Waals surface area (Å²) in [7, 11) is 3.69. The Labute approximate surface area is 272 Å². The van der Waals surface area contributed by atoms with Crippen molar-refractivity contribution in [3.05, 3.63) is 62.0 Å². The Kier molecular flexibility index (Phi) is 10.5. The van der Waals surface area contributed by atoms with Crippen LogP contribution in [-0.2, 0) is 49.5 Å². The second kappa shape index (κ2) is 14.7. The maximum Gasteiger partial charge on any atom is 0.351 e. The van der Waals surface area contributed by atoms with E-state index >= 15 is 0 Å². The van der Waals surface area contributed by atoms with Gasteiger partial charge in [0.2, 0.25) is 0 Å². The third-order valence-electron chi connectivity index (χ3n) is 9.02. The Morgan fingerprint density at radius 2 is 1.32 bits per heavy atom. The molecule has 0 amide bonds. The molecule has 3 aromatic rings. The summed E-state index contributed by atoms with van der Waals surface area (Å²) in [6.45, 7) is 4.30. The molecule has 0 bridgehead atoms. The van der Waals surface area contributed by atoms with Crippen molar-refractivity contribution >= 4 is 46.5 Å². The number of hydrogen-bond donors (Lipinski definition) is 1. The first kappa shape index (κ1) is 33.5. The van der Waals surface area contributed by atoms with Crippen LogP contribution in [0.15, 0.2) is 27.4 Å². The van der Waals surface area contributed by atoms with Gasteiger partial charge in [-0.1, -0.05) is 0 Å². The van der Waals surface area contributed by atoms with E-state index in [1.54, 1.807) is 6.07 Å². The van der Waals surface area contributed by atoms with Gasteiger partial charge in [0, 0.05) is 54.1 Å². The van der Waals surface area contributed by atoms with Crippen LogP contribution in [0.3, 0.4) is 0 Å². The lowest BCUT2D eigenvalue weighted by Gasteiger charge is -2.37. The van der Waals surface area contributed by atoms with Crippen LogP contribution < -0.4 is 15.4 Å². The van der Waals surface area contributed by atoms with Crippen LogP contribution in [0.5, 0.6) is 5.75 Å². The molecular formula is C35H40N2O10. The van der Waals surface area contributed by atoms with Crippen molar-refractivity contribution in [1.82, 2.24) is 0 Å². The number of methoxy groups -OCH3 is 3. The average Bonchev–Trinajstić information content (AvgIpc) is 3.10. The summed E-state index contributed by atoms with van der Waals surface area (Å²) in [4.78, 5) is 60.0. The van der Waals surface area contributed by atoms with Crippen LogP contribution in [0.4, 0.5) is 11.4 Å². The summed E-state index contributed by atoms with van der Waals surface area (Å²) in [6.07, 6.45) is 8.74. The van der Waals surface area contributed by atoms with E-state index in [9.17, 15) is 29.1 Å². The van der Waals surface area contributed by atoms with Crippen molar-refractivity contribution < 1.29 is 42.9 Å². The molecule has 0 saturated heterocycles. The number of phenolic OH excluding ortho intramolecular Hbond substituents is 1. The highest BCUT2D eigenvalue weighted by molar-refractivity contribution is 5.95. The average molecular weight is 649 g/mol. The summed E-state index contributed by atoms with van der Waals surface area (Å²) in [6, 6.07) is 5.52. The highest BCUT2D eigenvalue weighted by Gasteiger charge is 2.29. The van der Waals surface area contributed by atoms with Gasteiger partial charge in [-0.3, -0.25) is 14.4 Å². The number of aromatic hydroxyl groups is 1. The summed E-state index contributed by atoms with van der Waals surface area (Å²) < 4.78 is 18.5. The van der Waals surface area contributed by atoms with Gasteiger partial charge < -0.3 is 33.5 Å². The molecule has 0 radical (unpaired) electrons. The van der Waals surface area contributed by atoms with E-state index in [4.69, 9.17) is 4.42 Å². The molecule has 5 heterocycles. The standard InChI is InChI=1S/C17H17NO4.C13H15NO2.C5H8O4/c1-21-16(19)13-9-11-8-10-4-2-6-18-7-3-5-12(14(10)18)15(11)22-17(13)20;15-8-10-7-9-3-1-5-14-6-2-4-11(12(9)14)13(10)16;1-8-4(6)3-5(7)9-2/h8-9H,2-7H2,1H3;7-8,16H,1-6H2;3H2,1-2H3. The molecule has 12 nitrogen and oxygen atoms in total. The monoisotopic (exact) mass is 648 g/mol. The maximum atomic E-state index is 12.1. The van der Waals surface area contributed by atoms with Gasteiger partial charge in [0.05, 0.1) is 26.9 Å². The Hall–Kier alpha value is -4.87. The summed E-state index contributed by atoms with van der Waals surface area (Å²) in [5.74, 6) is -1.60. The highest BCUT2D eigenvalue weighted by atomic mass is 16.5. The number of phenols is 1. The van der Waals surface area contributed by atoms with Crippen molar-refractivity contribution in [2.75, 3.05) is 57.3 Å². The molecule has 0 unspecified atom stereocenters. The number of aryl methyl sites for hydroxylation is 3. The van der Waals surface area contributed by atoms with E-state index in [1.165, 1.54) is 43.8 Å². The minimum absolute atomic E-state index is 0.0365. The number of esters is 3. The number of aldehydes is 1. The molecule has 1 N–H and O–H groups in total. The third kappa shape index (κ3) is 6.96. The molecule has 0 spiro atoms. The number of carbonyl (C=O) groups excluding carboxylic acids is 4. The number of fused-ring (bicyclic) bond motifs is 2. The van der Waals surface area contributed by atoms with Crippen LogP contribution in [0.2, 0.25) is 0 Å². The highest BCUT2D eigenvalue weighted by Crippen LogP contribution is 2.42. The largest absolute Gasteiger partial charge is 0.507 e. The second-order valence-corrected chi connectivity index (χ2v) is 11.9. The molecule has 0 atom stereocenters. The fraction of sp³-hybridized carbons (Fsp3) is 0.457. The molecule has 4 aliphatic heterocycles. The zero-order chi connectivity index (χ0) is 33.7. The lowest BCUT2D eigenvalue weighted by molar-refractivity contribution is -0.151. The molecule has 0 fully saturated rings. The Morgan fingerprint density at radius 1 is 0.787 bits per heavy atom. The first-order chi connectivity index (χ1) is 22.7. The van der Waals surface area contributed by atoms with E-state index in [0.29, 0.717) is 11.1 Å². The first-order valence-electron chi connectivity index (χ1n) is 15.9. The van der Waals surface area contributed by atoms with Crippen LogP contribution >= 0.6 is 0 Å². The van der Waals surface area contributed by atoms with Crippen LogP contribution in [-0.4, -0.2) is 76.8 Å². The molecule has 4 aliphatic rings. The van der Waals surface area contributed by atoms with Crippen molar-refractivity contribution in [1.29, 1.82) is 0 Å². The van der Waals surface area contributed by atoms with E-state index in [1.807, 2.05) is 6.07 Å². The fourth-order valence-electron chi connectivity index (χ4n) is 6.92. The lowest BCUT2D eigenvalue weighted by atomic mass is 9.89. The Balaban J connectivity index is 0.000000152. The Bertz CT molecular complexity index is 1740. The van der Waals surface area contributed by atoms with Crippen molar-refractivity contribution in [2.45, 2.75) is 57.8 Å². The molecule has 0 aliphatic carbocycles. The van der Waals surface area contributed by atoms with Gasteiger partial charge in [-0.05, 0) is 80.7 Å². The topological polar surface area (TPSA) is 153 Å². The number of rotatable bonds is 4. The predicted molar refractivity (Wildman–Crippen MR) is 174 cm³/mol. The van der Waals surface area contributed by atoms with Gasteiger partial charge in [0.15, 0.2) is 6.29 Å². The van der Waals surface area contributed by atoms with Crippen molar-refractivity contribution in [3.8, 4) is 5.75 Å². The minimum atomic E-state index is -0.649. The molecule has 250 valence electrons. The lowest BCUT2D eigenvalue weighted by Crippen LogP contribution is -2.34. The number of anilines is 2. The van der Waals surface area contributed by atoms with Gasteiger partial charge in [-0.15, -0.1) is 0 Å². The van der Waals surface area contributed by atoms with E-state index in [2.05, 4.69) is 30.1 Å². The van der Waals surface area contributed by atoms with Gasteiger partial charge in [0.1, 0.15) is 23.3 Å². The third-order valence-corrected chi connectivity index (χ3v) is 9.02. The normalized spacial score (nSPS) is 15.5. The van der Waals surface area contributed by atoms with Crippen LogP contribution in [0, 0.1) is 0 Å². The number of ether oxygens (including phenoxy) is 3. The predicted octanol–water partition coefficient (Wildman–Crippen LogP) is 3.90. The van der Waals surface area contributed by atoms with Gasteiger partial charge in [-0.2, -0.15) is 0 Å². The Morgan fingerprint density at radius 3 is 1.87 bits per heavy atom. The van der Waals surface area contributed by atoms with E-state index in [0.717, 1.165) is 100 Å². The zero-order valence-corrected chi connectivity index (χ0v) is 27.0. The number of benzene rings is 2. The maximum absolute atomic E-state index is 12.1. The van der Waals surface area contributed by atoms with Gasteiger partial charge in [0.25, 0.3) is 0 Å². The van der Waals surface area contributed by atoms with Gasteiger partial charge in [-0.25, -0.2) is 9.59 Å². The van der Waals surface area contributed by atoms with Gasteiger partial charge >= 0.3 is 23.5 Å². The van der Waals surface area contributed by atoms with Crippen LogP contribution in [0.1, 0.15) is 75.1 Å². The quantitative estimate of drug-likeness (QED) is 0.144. The minimum Gasteiger partial charge on any atom is -0.507 e. The first-order valence-corrected chi connectivity index (χ1v) is 15.9. The van der Waals surface area contributed by atoms with E-state index in [-0.39, 0.29) is 17.7 Å². The number of nitrogens with zero attached hydrogens (tertiary/aromatic N) is 2. The smallest absolute Gasteiger partial charge is 0.351 e. The number of carbonyl (C=O) groups is 4. The second-order valence-electron chi connectivity index (χ2n) is 11.9. The van der Waals surface area contributed by atoms with Crippen LogP contribution in [0.25, 0.3) is 11.0 Å².